The van der Waals surface area contributed by atoms with Gasteiger partial charge in [-0.2, -0.15) is 0 Å². The van der Waals surface area contributed by atoms with Crippen molar-refractivity contribution in [3.63, 3.8) is 0 Å². The molecule has 0 unspecified atom stereocenters. The molecule has 0 saturated heterocycles. The summed E-state index contributed by atoms with van der Waals surface area (Å²) in [4.78, 5) is 27.4. The number of nitrogens with one attached hydrogen (secondary N) is 1. The maximum Gasteiger partial charge on any atom is 0.303 e. The van der Waals surface area contributed by atoms with E-state index >= 15 is 0 Å². The molecular weight excluding hydrogens is 354 g/mol. The molecule has 1 atom stereocenters. The Hall–Kier alpha value is -3.02. The Morgan fingerprint density at radius 2 is 1.86 bits per heavy atom. The average Bonchev–Trinajstić information content (AvgIpc) is 3.11. The molecule has 1 N–H and O–H groups in total. The highest BCUT2D eigenvalue weighted by molar-refractivity contribution is 5.80. The molecule has 3 rings (SSSR count). The number of hydrogen-bond donors (Lipinski definition) is 1. The first-order chi connectivity index (χ1) is 13.5. The van der Waals surface area contributed by atoms with Crippen molar-refractivity contribution in [1.29, 1.82) is 0 Å². The maximum atomic E-state index is 12.1. The van der Waals surface area contributed by atoms with Gasteiger partial charge in [-0.15, -0.1) is 0 Å². The summed E-state index contributed by atoms with van der Waals surface area (Å²) in [6, 6.07) is 16.8. The normalized spacial score (nSPS) is 13.6. The standard InChI is InChI=1S/C22H27N3O3/c1-16(26)28-15-22(27)23-14-21(18-8-10-19(11-9-18)24(2)3)25-13-12-17-6-4-5-7-20(17)25/h4-11,21H,12-15H2,1-3H3,(H,23,27)/t21-/m1/s1. The predicted molar refractivity (Wildman–Crippen MR) is 111 cm³/mol. The molecule has 0 aromatic heterocycles. The van der Waals surface area contributed by atoms with Crippen molar-refractivity contribution in [3.05, 3.63) is 59.7 Å². The molecule has 148 valence electrons. The topological polar surface area (TPSA) is 61.9 Å². The Balaban J connectivity index is 1.80. The van der Waals surface area contributed by atoms with Crippen LogP contribution in [0.3, 0.4) is 0 Å². The highest BCUT2D eigenvalue weighted by atomic mass is 16.5. The summed E-state index contributed by atoms with van der Waals surface area (Å²) in [6.45, 7) is 2.39. The van der Waals surface area contributed by atoms with Gasteiger partial charge in [-0.1, -0.05) is 30.3 Å². The number of fused-ring (bicyclic) bond motifs is 1. The molecule has 1 heterocycles. The van der Waals surface area contributed by atoms with Gasteiger partial charge in [0.05, 0.1) is 6.04 Å². The Labute approximate surface area is 166 Å². The third-order valence-corrected chi connectivity index (χ3v) is 4.99. The van der Waals surface area contributed by atoms with Gasteiger partial charge in [0.25, 0.3) is 5.91 Å². The van der Waals surface area contributed by atoms with Gasteiger partial charge in [0.2, 0.25) is 0 Å². The molecule has 1 aliphatic rings. The zero-order valence-electron chi connectivity index (χ0n) is 16.6. The molecule has 6 heteroatoms. The lowest BCUT2D eigenvalue weighted by atomic mass is 10.0. The zero-order chi connectivity index (χ0) is 20.1. The Morgan fingerprint density at radius 1 is 1.14 bits per heavy atom. The van der Waals surface area contributed by atoms with E-state index in [2.05, 4.69) is 57.6 Å². The Kier molecular flexibility index (Phi) is 6.19. The zero-order valence-corrected chi connectivity index (χ0v) is 16.6. The van der Waals surface area contributed by atoms with E-state index in [1.807, 2.05) is 20.2 Å². The number of hydrogen-bond acceptors (Lipinski definition) is 5. The number of carbonyl (C=O) groups excluding carboxylic acids is 2. The van der Waals surface area contributed by atoms with Crippen LogP contribution < -0.4 is 15.1 Å². The number of para-hydroxylation sites is 1. The quantitative estimate of drug-likeness (QED) is 0.747. The number of anilines is 2. The van der Waals surface area contributed by atoms with E-state index in [-0.39, 0.29) is 18.6 Å². The lowest BCUT2D eigenvalue weighted by molar-refractivity contribution is -0.146. The van der Waals surface area contributed by atoms with E-state index in [1.165, 1.54) is 18.2 Å². The smallest absolute Gasteiger partial charge is 0.303 e. The first kappa shape index (κ1) is 19.7. The molecule has 1 amide bonds. The maximum absolute atomic E-state index is 12.1. The van der Waals surface area contributed by atoms with E-state index in [0.29, 0.717) is 6.54 Å². The van der Waals surface area contributed by atoms with Crippen molar-refractivity contribution in [2.45, 2.75) is 19.4 Å². The molecule has 28 heavy (non-hydrogen) atoms. The van der Waals surface area contributed by atoms with E-state index in [4.69, 9.17) is 4.74 Å². The third-order valence-electron chi connectivity index (χ3n) is 4.99. The van der Waals surface area contributed by atoms with Gasteiger partial charge in [-0.3, -0.25) is 9.59 Å². The summed E-state index contributed by atoms with van der Waals surface area (Å²) in [6.07, 6.45) is 0.990. The fourth-order valence-corrected chi connectivity index (χ4v) is 3.52. The highest BCUT2D eigenvalue weighted by Gasteiger charge is 2.27. The fourth-order valence-electron chi connectivity index (χ4n) is 3.52. The average molecular weight is 381 g/mol. The van der Waals surface area contributed by atoms with Crippen LogP contribution in [0.15, 0.2) is 48.5 Å². The largest absolute Gasteiger partial charge is 0.456 e. The van der Waals surface area contributed by atoms with Crippen molar-refractivity contribution in [3.8, 4) is 0 Å². The minimum atomic E-state index is -0.459. The molecule has 0 aliphatic carbocycles. The monoisotopic (exact) mass is 381 g/mol. The van der Waals surface area contributed by atoms with Gasteiger partial charge in [0, 0.05) is 45.5 Å². The lowest BCUT2D eigenvalue weighted by Gasteiger charge is -2.31. The predicted octanol–water partition coefficient (Wildman–Crippen LogP) is 2.54. The minimum Gasteiger partial charge on any atom is -0.456 e. The summed E-state index contributed by atoms with van der Waals surface area (Å²) >= 11 is 0. The molecule has 0 spiro atoms. The highest BCUT2D eigenvalue weighted by Crippen LogP contribution is 2.35. The lowest BCUT2D eigenvalue weighted by Crippen LogP contribution is -2.39. The summed E-state index contributed by atoms with van der Waals surface area (Å²) < 4.78 is 4.80. The molecule has 2 aromatic carbocycles. The van der Waals surface area contributed by atoms with E-state index in [0.717, 1.165) is 24.2 Å². The van der Waals surface area contributed by atoms with Crippen LogP contribution in [-0.2, 0) is 20.7 Å². The van der Waals surface area contributed by atoms with E-state index in [9.17, 15) is 9.59 Å². The van der Waals surface area contributed by atoms with Crippen molar-refractivity contribution in [2.24, 2.45) is 0 Å². The van der Waals surface area contributed by atoms with E-state index < -0.39 is 5.97 Å². The van der Waals surface area contributed by atoms with Gasteiger partial charge in [0.1, 0.15) is 0 Å². The third kappa shape index (κ3) is 4.63. The van der Waals surface area contributed by atoms with Gasteiger partial charge in [-0.25, -0.2) is 0 Å². The number of carbonyl (C=O) groups is 2. The summed E-state index contributed by atoms with van der Waals surface area (Å²) in [5.41, 5.74) is 4.79. The van der Waals surface area contributed by atoms with Crippen molar-refractivity contribution in [2.75, 3.05) is 43.6 Å². The van der Waals surface area contributed by atoms with Crippen LogP contribution in [0.1, 0.15) is 24.1 Å². The summed E-state index contributed by atoms with van der Waals surface area (Å²) in [5, 5.41) is 2.91. The number of ether oxygens (including phenoxy) is 1. The van der Waals surface area contributed by atoms with Crippen LogP contribution in [-0.4, -0.2) is 45.7 Å². The molecule has 2 aromatic rings. The van der Waals surface area contributed by atoms with E-state index in [1.54, 1.807) is 0 Å². The number of amides is 1. The number of nitrogens with zero attached hydrogens (tertiary/aromatic N) is 2. The van der Waals surface area contributed by atoms with Crippen LogP contribution in [0.5, 0.6) is 0 Å². The van der Waals surface area contributed by atoms with Gasteiger partial charge in [-0.05, 0) is 35.7 Å². The van der Waals surface area contributed by atoms with Crippen LogP contribution in [0.25, 0.3) is 0 Å². The summed E-state index contributed by atoms with van der Waals surface area (Å²) in [5.74, 6) is -0.753. The molecule has 0 bridgehead atoms. The first-order valence-electron chi connectivity index (χ1n) is 9.47. The molecule has 6 nitrogen and oxygen atoms in total. The SMILES string of the molecule is CC(=O)OCC(=O)NC[C@H](c1ccc(N(C)C)cc1)N1CCc2ccccc21. The second kappa shape index (κ2) is 8.78. The molecular formula is C22H27N3O3. The van der Waals surface area contributed by atoms with Crippen LogP contribution in [0, 0.1) is 0 Å². The number of esters is 1. The minimum absolute atomic E-state index is 0.00106. The Bertz CT molecular complexity index is 833. The Morgan fingerprint density at radius 3 is 2.54 bits per heavy atom. The molecule has 0 radical (unpaired) electrons. The first-order valence-corrected chi connectivity index (χ1v) is 9.47. The fraction of sp³-hybridized carbons (Fsp3) is 0.364. The van der Waals surface area contributed by atoms with Crippen molar-refractivity contribution in [1.82, 2.24) is 5.32 Å². The molecule has 1 aliphatic heterocycles. The van der Waals surface area contributed by atoms with Crippen LogP contribution >= 0.6 is 0 Å². The second-order valence-corrected chi connectivity index (χ2v) is 7.16. The molecule has 0 saturated carbocycles. The number of benzene rings is 2. The van der Waals surface area contributed by atoms with Crippen LogP contribution in [0.2, 0.25) is 0 Å². The number of rotatable bonds is 7. The second-order valence-electron chi connectivity index (χ2n) is 7.16. The van der Waals surface area contributed by atoms with Crippen molar-refractivity contribution >= 4 is 23.3 Å². The molecule has 0 fully saturated rings. The van der Waals surface area contributed by atoms with Crippen LogP contribution in [0.4, 0.5) is 11.4 Å². The van der Waals surface area contributed by atoms with Gasteiger partial charge >= 0.3 is 5.97 Å². The van der Waals surface area contributed by atoms with Gasteiger partial charge < -0.3 is 19.9 Å². The van der Waals surface area contributed by atoms with Gasteiger partial charge in [0.15, 0.2) is 6.61 Å². The van der Waals surface area contributed by atoms with Crippen molar-refractivity contribution < 1.29 is 14.3 Å². The summed E-state index contributed by atoms with van der Waals surface area (Å²) in [7, 11) is 4.02.